The molecule has 0 fully saturated rings. The highest BCUT2D eigenvalue weighted by atomic mass is 32.2. The molecule has 0 unspecified atom stereocenters. The lowest BCUT2D eigenvalue weighted by Gasteiger charge is -2.14. The van der Waals surface area contributed by atoms with Crippen LogP contribution in [0.4, 0.5) is 5.69 Å². The number of carbonyl (C=O) groups is 1. The van der Waals surface area contributed by atoms with Gasteiger partial charge in [0.2, 0.25) is 5.91 Å². The van der Waals surface area contributed by atoms with Crippen LogP contribution in [0.25, 0.3) is 5.69 Å². The lowest BCUT2D eigenvalue weighted by Crippen LogP contribution is -2.24. The zero-order chi connectivity index (χ0) is 22.7. The molecule has 166 valence electrons. The summed E-state index contributed by atoms with van der Waals surface area (Å²) in [6.07, 6.45) is 0.766. The van der Waals surface area contributed by atoms with E-state index in [2.05, 4.69) is 11.4 Å². The Hall–Kier alpha value is -2.71. The van der Waals surface area contributed by atoms with Gasteiger partial charge in [-0.2, -0.15) is 0 Å². The lowest BCUT2D eigenvalue weighted by atomic mass is 10.1. The van der Waals surface area contributed by atoms with Gasteiger partial charge in [0.15, 0.2) is 5.16 Å². The third-order valence-corrected chi connectivity index (χ3v) is 6.96. The van der Waals surface area contributed by atoms with E-state index in [4.69, 9.17) is 9.72 Å². The van der Waals surface area contributed by atoms with Gasteiger partial charge in [0, 0.05) is 17.9 Å². The molecule has 1 aromatic heterocycles. The van der Waals surface area contributed by atoms with Crippen molar-refractivity contribution in [2.75, 3.05) is 23.4 Å². The summed E-state index contributed by atoms with van der Waals surface area (Å²) in [7, 11) is 0. The van der Waals surface area contributed by atoms with Crippen molar-refractivity contribution in [2.45, 2.75) is 37.2 Å². The SMILES string of the molecule is CCOc1ccc(-n2c(SCC(=O)Nc3cc(C)cc(C)c3)nc3c(c2=O)SCC3)cc1. The van der Waals surface area contributed by atoms with E-state index >= 15 is 0 Å². The van der Waals surface area contributed by atoms with Gasteiger partial charge in [-0.15, -0.1) is 11.8 Å². The van der Waals surface area contributed by atoms with Crippen LogP contribution in [0.3, 0.4) is 0 Å². The first kappa shape index (κ1) is 22.5. The molecule has 8 heteroatoms. The summed E-state index contributed by atoms with van der Waals surface area (Å²) >= 11 is 2.81. The third-order valence-electron chi connectivity index (χ3n) is 4.91. The number of anilines is 1. The number of benzene rings is 2. The average Bonchev–Trinajstić information content (AvgIpc) is 3.22. The van der Waals surface area contributed by atoms with Crippen molar-refractivity contribution in [1.82, 2.24) is 9.55 Å². The molecule has 0 bridgehead atoms. The summed E-state index contributed by atoms with van der Waals surface area (Å²) in [5.41, 5.74) is 4.40. The number of ether oxygens (including phenoxy) is 1. The van der Waals surface area contributed by atoms with E-state index in [1.54, 1.807) is 16.3 Å². The van der Waals surface area contributed by atoms with E-state index in [9.17, 15) is 9.59 Å². The number of aryl methyl sites for hydroxylation is 3. The average molecular weight is 468 g/mol. The Morgan fingerprint density at radius 3 is 2.59 bits per heavy atom. The maximum absolute atomic E-state index is 13.3. The first-order chi connectivity index (χ1) is 15.4. The van der Waals surface area contributed by atoms with Crippen LogP contribution in [-0.2, 0) is 11.2 Å². The van der Waals surface area contributed by atoms with Crippen molar-refractivity contribution in [1.29, 1.82) is 0 Å². The van der Waals surface area contributed by atoms with Crippen molar-refractivity contribution in [3.63, 3.8) is 0 Å². The van der Waals surface area contributed by atoms with Crippen LogP contribution in [0.15, 0.2) is 57.3 Å². The smallest absolute Gasteiger partial charge is 0.272 e. The van der Waals surface area contributed by atoms with Gasteiger partial charge in [0.1, 0.15) is 5.75 Å². The monoisotopic (exact) mass is 467 g/mol. The highest BCUT2D eigenvalue weighted by Crippen LogP contribution is 2.30. The summed E-state index contributed by atoms with van der Waals surface area (Å²) in [6, 6.07) is 13.3. The number of nitrogens with zero attached hydrogens (tertiary/aromatic N) is 2. The third kappa shape index (κ3) is 5.02. The molecule has 1 N–H and O–H groups in total. The highest BCUT2D eigenvalue weighted by molar-refractivity contribution is 8.00. The molecule has 0 radical (unpaired) electrons. The van der Waals surface area contributed by atoms with Gasteiger partial charge in [-0.3, -0.25) is 14.2 Å². The van der Waals surface area contributed by atoms with Crippen LogP contribution in [0.2, 0.25) is 0 Å². The molecule has 0 spiro atoms. The van der Waals surface area contributed by atoms with Crippen molar-refractivity contribution < 1.29 is 9.53 Å². The van der Waals surface area contributed by atoms with Gasteiger partial charge in [0.05, 0.1) is 28.6 Å². The Bertz CT molecular complexity index is 1190. The number of hydrogen-bond acceptors (Lipinski definition) is 6. The standard InChI is InChI=1S/C24H25N3O3S2/c1-4-30-19-7-5-18(6-8-19)27-23(29)22-20(9-10-31-22)26-24(27)32-14-21(28)25-17-12-15(2)11-16(3)13-17/h5-8,11-13H,4,9-10,14H2,1-3H3,(H,25,28). The number of amides is 1. The number of thioether (sulfide) groups is 2. The number of carbonyl (C=O) groups excluding carboxylic acids is 1. The fourth-order valence-electron chi connectivity index (χ4n) is 3.65. The molecule has 6 nitrogen and oxygen atoms in total. The predicted octanol–water partition coefficient (Wildman–Crippen LogP) is 4.63. The van der Waals surface area contributed by atoms with Gasteiger partial charge in [-0.1, -0.05) is 17.8 Å². The van der Waals surface area contributed by atoms with Crippen molar-refractivity contribution >= 4 is 35.1 Å². The molecule has 2 heterocycles. The van der Waals surface area contributed by atoms with Gasteiger partial charge in [0.25, 0.3) is 5.56 Å². The summed E-state index contributed by atoms with van der Waals surface area (Å²) in [4.78, 5) is 31.3. The molecule has 0 saturated carbocycles. The Morgan fingerprint density at radius 1 is 1.19 bits per heavy atom. The molecule has 3 aromatic rings. The van der Waals surface area contributed by atoms with Gasteiger partial charge >= 0.3 is 0 Å². The van der Waals surface area contributed by atoms with Gasteiger partial charge in [-0.05, 0) is 68.3 Å². The normalized spacial score (nSPS) is 12.5. The molecule has 0 aliphatic carbocycles. The fourth-order valence-corrected chi connectivity index (χ4v) is 5.50. The molecule has 1 aliphatic rings. The number of hydrogen-bond donors (Lipinski definition) is 1. The number of nitrogens with one attached hydrogen (secondary N) is 1. The molecular formula is C24H25N3O3S2. The van der Waals surface area contributed by atoms with Crippen molar-refractivity contribution in [3.05, 3.63) is 69.6 Å². The number of fused-ring (bicyclic) bond motifs is 1. The topological polar surface area (TPSA) is 73.2 Å². The van der Waals surface area contributed by atoms with Crippen molar-refractivity contribution in [2.24, 2.45) is 0 Å². The Labute approximate surface area is 195 Å². The minimum absolute atomic E-state index is 0.0844. The number of aromatic nitrogens is 2. The van der Waals surface area contributed by atoms with Crippen LogP contribution in [-0.4, -0.2) is 33.6 Å². The largest absolute Gasteiger partial charge is 0.494 e. The van der Waals surface area contributed by atoms with Gasteiger partial charge < -0.3 is 10.1 Å². The quantitative estimate of drug-likeness (QED) is 0.404. The van der Waals surface area contributed by atoms with Crippen LogP contribution in [0.1, 0.15) is 23.7 Å². The maximum Gasteiger partial charge on any atom is 0.272 e. The second-order valence-corrected chi connectivity index (χ2v) is 9.60. The van der Waals surface area contributed by atoms with E-state index in [1.165, 1.54) is 11.8 Å². The molecule has 4 rings (SSSR count). The fraction of sp³-hybridized carbons (Fsp3) is 0.292. The Morgan fingerprint density at radius 2 is 1.91 bits per heavy atom. The van der Waals surface area contributed by atoms with Crippen LogP contribution >= 0.6 is 23.5 Å². The molecule has 1 amide bonds. The first-order valence-corrected chi connectivity index (χ1v) is 12.4. The minimum atomic E-state index is -0.137. The van der Waals surface area contributed by atoms with E-state index in [0.717, 1.165) is 40.4 Å². The van der Waals surface area contributed by atoms with E-state index in [1.807, 2.05) is 57.2 Å². The van der Waals surface area contributed by atoms with Crippen molar-refractivity contribution in [3.8, 4) is 11.4 Å². The summed E-state index contributed by atoms with van der Waals surface area (Å²) < 4.78 is 7.12. The lowest BCUT2D eigenvalue weighted by molar-refractivity contribution is -0.113. The Kier molecular flexibility index (Phi) is 6.91. The molecule has 0 atom stereocenters. The Balaban J connectivity index is 1.59. The summed E-state index contributed by atoms with van der Waals surface area (Å²) in [5.74, 6) is 1.61. The van der Waals surface area contributed by atoms with Gasteiger partial charge in [-0.25, -0.2) is 4.98 Å². The molecular weight excluding hydrogens is 442 g/mol. The van der Waals surface area contributed by atoms with E-state index in [-0.39, 0.29) is 17.2 Å². The zero-order valence-electron chi connectivity index (χ0n) is 18.3. The molecule has 1 aliphatic heterocycles. The van der Waals surface area contributed by atoms with E-state index in [0.29, 0.717) is 22.3 Å². The predicted molar refractivity (Wildman–Crippen MR) is 131 cm³/mol. The van der Waals surface area contributed by atoms with E-state index < -0.39 is 0 Å². The van der Waals surface area contributed by atoms with Crippen LogP contribution in [0.5, 0.6) is 5.75 Å². The number of rotatable bonds is 7. The second-order valence-electron chi connectivity index (χ2n) is 7.55. The second kappa shape index (κ2) is 9.83. The highest BCUT2D eigenvalue weighted by Gasteiger charge is 2.23. The summed E-state index contributed by atoms with van der Waals surface area (Å²) in [5, 5.41) is 3.47. The zero-order valence-corrected chi connectivity index (χ0v) is 19.9. The van der Waals surface area contributed by atoms with Crippen LogP contribution in [0, 0.1) is 13.8 Å². The molecule has 2 aromatic carbocycles. The first-order valence-electron chi connectivity index (χ1n) is 10.5. The molecule has 0 saturated heterocycles. The summed E-state index contributed by atoms with van der Waals surface area (Å²) in [6.45, 7) is 6.50. The molecule has 32 heavy (non-hydrogen) atoms. The van der Waals surface area contributed by atoms with Crippen LogP contribution < -0.4 is 15.6 Å². The maximum atomic E-state index is 13.3. The minimum Gasteiger partial charge on any atom is -0.494 e.